The average molecular weight is 529 g/mol. The quantitative estimate of drug-likeness (QED) is 0.468. The van der Waals surface area contributed by atoms with E-state index in [2.05, 4.69) is 15.6 Å². The monoisotopic (exact) mass is 528 g/mol. The predicted octanol–water partition coefficient (Wildman–Crippen LogP) is 0.997. The molecule has 0 aliphatic carbocycles. The lowest BCUT2D eigenvalue weighted by Crippen LogP contribution is -2.63. The van der Waals surface area contributed by atoms with Crippen molar-refractivity contribution in [1.29, 1.82) is 0 Å². The Hall–Kier alpha value is -4.26. The van der Waals surface area contributed by atoms with Gasteiger partial charge in [-0.1, -0.05) is 0 Å². The number of carbonyl (C=O) groups is 4. The minimum absolute atomic E-state index is 0.0636. The van der Waals surface area contributed by atoms with E-state index >= 15 is 0 Å². The number of benzene rings is 1. The normalized spacial score (nSPS) is 15.3. The third-order valence-electron chi connectivity index (χ3n) is 5.77. The highest BCUT2D eigenvalue weighted by molar-refractivity contribution is 5.91. The number of ether oxygens (including phenoxy) is 1. The van der Waals surface area contributed by atoms with Gasteiger partial charge in [-0.15, -0.1) is 0 Å². The van der Waals surface area contributed by atoms with Crippen LogP contribution in [-0.4, -0.2) is 92.7 Å². The zero-order valence-corrected chi connectivity index (χ0v) is 21.8. The van der Waals surface area contributed by atoms with Gasteiger partial charge in [-0.3, -0.25) is 19.5 Å². The molecule has 0 saturated carbocycles. The van der Waals surface area contributed by atoms with E-state index in [1.165, 1.54) is 33.6 Å². The molecule has 13 heteroatoms. The first-order chi connectivity index (χ1) is 17.8. The third kappa shape index (κ3) is 6.94. The number of rotatable bonds is 6. The molecule has 13 nitrogen and oxygen atoms in total. The molecule has 0 spiro atoms. The van der Waals surface area contributed by atoms with Crippen molar-refractivity contribution in [3.05, 3.63) is 52.6 Å². The first-order valence-corrected chi connectivity index (χ1v) is 12.0. The number of aldehydes is 1. The molecule has 1 unspecified atom stereocenters. The fourth-order valence-electron chi connectivity index (χ4n) is 3.72. The Bertz CT molecular complexity index is 1250. The molecule has 1 aliphatic rings. The van der Waals surface area contributed by atoms with E-state index in [4.69, 9.17) is 4.74 Å². The van der Waals surface area contributed by atoms with Gasteiger partial charge in [0.1, 0.15) is 23.2 Å². The van der Waals surface area contributed by atoms with Crippen LogP contribution in [0.2, 0.25) is 0 Å². The number of nitrogens with zero attached hydrogens (tertiary/aromatic N) is 4. The van der Waals surface area contributed by atoms with Gasteiger partial charge in [-0.25, -0.2) is 14.4 Å². The molecule has 0 radical (unpaired) electrons. The van der Waals surface area contributed by atoms with Gasteiger partial charge >= 0.3 is 17.8 Å². The fraction of sp³-hybridized carbons (Fsp3) is 0.440. The van der Waals surface area contributed by atoms with E-state index in [0.29, 0.717) is 17.5 Å². The van der Waals surface area contributed by atoms with Gasteiger partial charge in [-0.2, -0.15) is 4.98 Å². The maximum absolute atomic E-state index is 13.1. The van der Waals surface area contributed by atoms with Crippen LogP contribution in [0.3, 0.4) is 0 Å². The SMILES string of the molecule is CC(C)(C)OC(=O)NC(C)(CO)C(=O)N1CCN(C(=O)Nc2ccn(-c3ccc(C=O)cc3)c(=O)n2)CC1. The van der Waals surface area contributed by atoms with Crippen LogP contribution in [0.15, 0.2) is 41.3 Å². The third-order valence-corrected chi connectivity index (χ3v) is 5.77. The van der Waals surface area contributed by atoms with E-state index in [0.717, 1.165) is 0 Å². The van der Waals surface area contributed by atoms with Crippen LogP contribution in [-0.2, 0) is 9.53 Å². The van der Waals surface area contributed by atoms with E-state index in [9.17, 15) is 29.1 Å². The second-order valence-corrected chi connectivity index (χ2v) is 10.0. The number of urea groups is 1. The lowest BCUT2D eigenvalue weighted by molar-refractivity contribution is -0.140. The molecular weight excluding hydrogens is 496 g/mol. The van der Waals surface area contributed by atoms with Crippen LogP contribution in [0.1, 0.15) is 38.1 Å². The number of piperazine rings is 1. The summed E-state index contributed by atoms with van der Waals surface area (Å²) in [5.41, 5.74) is -1.98. The zero-order chi connectivity index (χ0) is 28.1. The Morgan fingerprint density at radius 2 is 1.63 bits per heavy atom. The van der Waals surface area contributed by atoms with Crippen molar-refractivity contribution in [2.75, 3.05) is 38.1 Å². The highest BCUT2D eigenvalue weighted by Gasteiger charge is 2.40. The lowest BCUT2D eigenvalue weighted by Gasteiger charge is -2.39. The molecule has 2 aromatic rings. The number of aliphatic hydroxyl groups excluding tert-OH is 1. The van der Waals surface area contributed by atoms with Gasteiger partial charge in [0, 0.05) is 37.9 Å². The molecule has 0 bridgehead atoms. The summed E-state index contributed by atoms with van der Waals surface area (Å²) in [5.74, 6) is -0.439. The number of alkyl carbamates (subject to hydrolysis) is 1. The zero-order valence-electron chi connectivity index (χ0n) is 21.8. The molecule has 3 rings (SSSR count). The summed E-state index contributed by atoms with van der Waals surface area (Å²) in [6.07, 6.45) is 1.34. The average Bonchev–Trinajstić information content (AvgIpc) is 2.87. The Kier molecular flexibility index (Phi) is 8.51. The van der Waals surface area contributed by atoms with Gasteiger partial charge in [0.2, 0.25) is 0 Å². The standard InChI is InChI=1S/C25H32N6O7/c1-24(2,3)38-23(37)28-25(4,16-33)20(34)29-11-13-30(14-12-29)21(35)26-19-9-10-31(22(36)27-19)18-7-5-17(15-32)6-8-18/h5-10,15,33H,11-14,16H2,1-4H3,(H,28,37)(H,26,27,35,36). The van der Waals surface area contributed by atoms with Crippen LogP contribution >= 0.6 is 0 Å². The second kappa shape index (κ2) is 11.4. The van der Waals surface area contributed by atoms with Gasteiger partial charge in [-0.05, 0) is 58.0 Å². The molecule has 1 fully saturated rings. The number of nitrogens with one attached hydrogen (secondary N) is 2. The predicted molar refractivity (Wildman–Crippen MR) is 137 cm³/mol. The van der Waals surface area contributed by atoms with Crippen molar-refractivity contribution >= 4 is 30.1 Å². The smallest absolute Gasteiger partial charge is 0.408 e. The molecule has 1 aromatic heterocycles. The molecule has 1 aliphatic heterocycles. The molecule has 3 N–H and O–H groups in total. The Balaban J connectivity index is 1.57. The van der Waals surface area contributed by atoms with Crippen LogP contribution < -0.4 is 16.3 Å². The molecule has 2 heterocycles. The molecule has 1 atom stereocenters. The summed E-state index contributed by atoms with van der Waals surface area (Å²) >= 11 is 0. The molecule has 4 amide bonds. The van der Waals surface area contributed by atoms with Crippen LogP contribution in [0, 0.1) is 0 Å². The highest BCUT2D eigenvalue weighted by atomic mass is 16.6. The van der Waals surface area contributed by atoms with E-state index in [1.54, 1.807) is 45.0 Å². The summed E-state index contributed by atoms with van der Waals surface area (Å²) in [5, 5.41) is 14.9. The van der Waals surface area contributed by atoms with Gasteiger partial charge in [0.25, 0.3) is 5.91 Å². The van der Waals surface area contributed by atoms with Gasteiger partial charge in [0.15, 0.2) is 0 Å². The number of aliphatic hydroxyl groups is 1. The first-order valence-electron chi connectivity index (χ1n) is 12.0. The van der Waals surface area contributed by atoms with Crippen LogP contribution in [0.5, 0.6) is 0 Å². The van der Waals surface area contributed by atoms with Crippen LogP contribution in [0.4, 0.5) is 15.4 Å². The molecule has 1 saturated heterocycles. The summed E-state index contributed by atoms with van der Waals surface area (Å²) in [7, 11) is 0. The topological polar surface area (TPSA) is 163 Å². The summed E-state index contributed by atoms with van der Waals surface area (Å²) < 4.78 is 6.47. The van der Waals surface area contributed by atoms with E-state index in [-0.39, 0.29) is 32.0 Å². The summed E-state index contributed by atoms with van der Waals surface area (Å²) in [6, 6.07) is 7.35. The molecule has 38 heavy (non-hydrogen) atoms. The summed E-state index contributed by atoms with van der Waals surface area (Å²) in [6.45, 7) is 6.54. The minimum Gasteiger partial charge on any atom is -0.444 e. The Labute approximate surface area is 219 Å². The molecule has 1 aromatic carbocycles. The van der Waals surface area contributed by atoms with Crippen molar-refractivity contribution in [1.82, 2.24) is 24.7 Å². The van der Waals surface area contributed by atoms with E-state index < -0.39 is 41.5 Å². The Morgan fingerprint density at radius 1 is 1.03 bits per heavy atom. The van der Waals surface area contributed by atoms with Crippen LogP contribution in [0.25, 0.3) is 5.69 Å². The summed E-state index contributed by atoms with van der Waals surface area (Å²) in [4.78, 5) is 68.0. The van der Waals surface area contributed by atoms with Crippen molar-refractivity contribution in [3.8, 4) is 5.69 Å². The largest absolute Gasteiger partial charge is 0.444 e. The number of aromatic nitrogens is 2. The molecular formula is C25H32N6O7. The Morgan fingerprint density at radius 3 is 2.16 bits per heavy atom. The maximum Gasteiger partial charge on any atom is 0.408 e. The fourth-order valence-corrected chi connectivity index (χ4v) is 3.72. The van der Waals surface area contributed by atoms with E-state index in [1.807, 2.05) is 0 Å². The lowest BCUT2D eigenvalue weighted by atomic mass is 10.0. The van der Waals surface area contributed by atoms with Gasteiger partial charge < -0.3 is 25.0 Å². The number of anilines is 1. The first kappa shape index (κ1) is 28.3. The van der Waals surface area contributed by atoms with Crippen molar-refractivity contribution < 1.29 is 29.0 Å². The number of amides is 4. The highest BCUT2D eigenvalue weighted by Crippen LogP contribution is 2.15. The number of hydrogen-bond donors (Lipinski definition) is 3. The number of carbonyl (C=O) groups excluding carboxylic acids is 4. The van der Waals surface area contributed by atoms with Gasteiger partial charge in [0.05, 0.1) is 12.3 Å². The number of hydrogen-bond acceptors (Lipinski definition) is 8. The van der Waals surface area contributed by atoms with Crippen molar-refractivity contribution in [2.45, 2.75) is 38.8 Å². The maximum atomic E-state index is 13.1. The van der Waals surface area contributed by atoms with Crippen molar-refractivity contribution in [3.63, 3.8) is 0 Å². The minimum atomic E-state index is -1.59. The molecule has 204 valence electrons. The second-order valence-electron chi connectivity index (χ2n) is 10.0. The van der Waals surface area contributed by atoms with Crippen molar-refractivity contribution in [2.24, 2.45) is 0 Å².